The first-order valence-corrected chi connectivity index (χ1v) is 13.1. The van der Waals surface area contributed by atoms with Crippen molar-refractivity contribution in [3.8, 4) is 17.0 Å². The van der Waals surface area contributed by atoms with E-state index in [0.717, 1.165) is 38.3 Å². The third-order valence-electron chi connectivity index (χ3n) is 7.59. The SMILES string of the molecule is O=C1C(=Cc2nc3oc(-c4cccc5ccccc45)cc3n2-c2ccccc2)C(=O)c2cc3ccccc3cc21. The van der Waals surface area contributed by atoms with Crippen molar-refractivity contribution in [1.29, 1.82) is 0 Å². The molecule has 0 N–H and O–H groups in total. The number of nitrogens with zero attached hydrogens (tertiary/aromatic N) is 2. The zero-order chi connectivity index (χ0) is 26.8. The van der Waals surface area contributed by atoms with Crippen LogP contribution < -0.4 is 0 Å². The van der Waals surface area contributed by atoms with E-state index in [2.05, 4.69) is 18.2 Å². The first kappa shape index (κ1) is 22.4. The fraction of sp³-hybridized carbons (Fsp3) is 0. The summed E-state index contributed by atoms with van der Waals surface area (Å²) in [6.45, 7) is 0. The quantitative estimate of drug-likeness (QED) is 0.176. The summed E-state index contributed by atoms with van der Waals surface area (Å²) >= 11 is 0. The van der Waals surface area contributed by atoms with Crippen molar-refractivity contribution in [2.24, 2.45) is 0 Å². The van der Waals surface area contributed by atoms with E-state index in [1.165, 1.54) is 0 Å². The molecular weight excluding hydrogens is 496 g/mol. The summed E-state index contributed by atoms with van der Waals surface area (Å²) in [6, 6.07) is 37.4. The molecule has 40 heavy (non-hydrogen) atoms. The van der Waals surface area contributed by atoms with E-state index in [4.69, 9.17) is 9.40 Å². The van der Waals surface area contributed by atoms with Crippen molar-refractivity contribution in [1.82, 2.24) is 9.55 Å². The molecule has 0 saturated heterocycles. The van der Waals surface area contributed by atoms with Gasteiger partial charge in [-0.05, 0) is 51.9 Å². The molecule has 5 aromatic carbocycles. The second-order valence-electron chi connectivity index (χ2n) is 9.93. The molecule has 0 saturated carbocycles. The number of fused-ring (bicyclic) bond motifs is 4. The lowest BCUT2D eigenvalue weighted by Crippen LogP contribution is -2.03. The molecule has 0 bridgehead atoms. The van der Waals surface area contributed by atoms with Gasteiger partial charge in [0.1, 0.15) is 17.1 Å². The number of carbonyl (C=O) groups is 2. The van der Waals surface area contributed by atoms with E-state index < -0.39 is 0 Å². The van der Waals surface area contributed by atoms with Gasteiger partial charge < -0.3 is 4.42 Å². The Morgan fingerprint density at radius 1 is 0.625 bits per heavy atom. The minimum absolute atomic E-state index is 0.101. The number of aromatic nitrogens is 2. The molecule has 188 valence electrons. The Hall–Kier alpha value is -5.55. The lowest BCUT2D eigenvalue weighted by molar-refractivity contribution is 0.0990. The first-order valence-electron chi connectivity index (χ1n) is 13.1. The summed E-state index contributed by atoms with van der Waals surface area (Å²) in [5.41, 5.74) is 3.96. The molecule has 1 aliphatic rings. The van der Waals surface area contributed by atoms with Gasteiger partial charge in [0.2, 0.25) is 5.71 Å². The fourth-order valence-corrected chi connectivity index (χ4v) is 5.68. The average molecular weight is 517 g/mol. The van der Waals surface area contributed by atoms with Crippen molar-refractivity contribution >= 4 is 50.4 Å². The molecule has 2 aromatic heterocycles. The van der Waals surface area contributed by atoms with Gasteiger partial charge in [0, 0.05) is 28.4 Å². The monoisotopic (exact) mass is 516 g/mol. The number of ketones is 2. The van der Waals surface area contributed by atoms with E-state index in [1.807, 2.05) is 89.5 Å². The lowest BCUT2D eigenvalue weighted by atomic mass is 10.0. The third kappa shape index (κ3) is 3.31. The van der Waals surface area contributed by atoms with Gasteiger partial charge >= 0.3 is 0 Å². The number of benzene rings is 5. The van der Waals surface area contributed by atoms with E-state index >= 15 is 0 Å². The summed E-state index contributed by atoms with van der Waals surface area (Å²) < 4.78 is 8.24. The van der Waals surface area contributed by atoms with Gasteiger partial charge in [-0.1, -0.05) is 84.9 Å². The van der Waals surface area contributed by atoms with Crippen LogP contribution in [0.3, 0.4) is 0 Å². The van der Waals surface area contributed by atoms with Crippen molar-refractivity contribution in [3.63, 3.8) is 0 Å². The highest BCUT2D eigenvalue weighted by atomic mass is 16.3. The Morgan fingerprint density at radius 2 is 1.25 bits per heavy atom. The first-order chi connectivity index (χ1) is 19.7. The number of carbonyl (C=O) groups excluding carboxylic acids is 2. The van der Waals surface area contributed by atoms with Crippen LogP contribution in [-0.4, -0.2) is 21.1 Å². The fourth-order valence-electron chi connectivity index (χ4n) is 5.68. The van der Waals surface area contributed by atoms with Gasteiger partial charge in [-0.15, -0.1) is 0 Å². The van der Waals surface area contributed by atoms with Crippen molar-refractivity contribution in [2.75, 3.05) is 0 Å². The molecule has 0 aliphatic heterocycles. The number of para-hydroxylation sites is 1. The molecule has 7 aromatic rings. The van der Waals surface area contributed by atoms with Crippen LogP contribution >= 0.6 is 0 Å². The van der Waals surface area contributed by atoms with Crippen LogP contribution in [0.25, 0.3) is 55.9 Å². The van der Waals surface area contributed by atoms with Gasteiger partial charge in [0.15, 0.2) is 11.6 Å². The Balaban J connectivity index is 1.31. The van der Waals surface area contributed by atoms with Crippen LogP contribution in [0.1, 0.15) is 26.5 Å². The summed E-state index contributed by atoms with van der Waals surface area (Å²) in [4.78, 5) is 31.7. The minimum atomic E-state index is -0.290. The zero-order valence-corrected chi connectivity index (χ0v) is 21.2. The molecular formula is C35H20N2O3. The van der Waals surface area contributed by atoms with E-state index in [9.17, 15) is 9.59 Å². The molecule has 0 fully saturated rings. The maximum absolute atomic E-state index is 13.5. The lowest BCUT2D eigenvalue weighted by Gasteiger charge is -2.07. The maximum atomic E-state index is 13.5. The Labute approximate surface area is 228 Å². The summed E-state index contributed by atoms with van der Waals surface area (Å²) in [5, 5.41) is 4.05. The highest BCUT2D eigenvalue weighted by molar-refractivity contribution is 6.42. The molecule has 0 radical (unpaired) electrons. The van der Waals surface area contributed by atoms with Crippen LogP contribution in [0.5, 0.6) is 0 Å². The predicted molar refractivity (Wildman–Crippen MR) is 157 cm³/mol. The highest BCUT2D eigenvalue weighted by Crippen LogP contribution is 2.36. The van der Waals surface area contributed by atoms with E-state index in [-0.39, 0.29) is 17.1 Å². The molecule has 5 nitrogen and oxygen atoms in total. The Morgan fingerprint density at radius 3 is 1.98 bits per heavy atom. The number of furan rings is 1. The second kappa shape index (κ2) is 8.48. The summed E-state index contributed by atoms with van der Waals surface area (Å²) in [6.07, 6.45) is 1.59. The van der Waals surface area contributed by atoms with E-state index in [1.54, 1.807) is 18.2 Å². The number of hydrogen-bond donors (Lipinski definition) is 0. The van der Waals surface area contributed by atoms with Gasteiger partial charge in [-0.2, -0.15) is 4.98 Å². The molecule has 1 aliphatic carbocycles. The predicted octanol–water partition coefficient (Wildman–Crippen LogP) is 8.05. The normalized spacial score (nSPS) is 13.1. The van der Waals surface area contributed by atoms with Crippen LogP contribution in [0, 0.1) is 0 Å². The topological polar surface area (TPSA) is 65.1 Å². The molecule has 0 amide bonds. The van der Waals surface area contributed by atoms with Crippen molar-refractivity contribution < 1.29 is 14.0 Å². The highest BCUT2D eigenvalue weighted by Gasteiger charge is 2.34. The van der Waals surface area contributed by atoms with Gasteiger partial charge in [0.25, 0.3) is 0 Å². The van der Waals surface area contributed by atoms with Gasteiger partial charge in [0.05, 0.1) is 5.57 Å². The van der Waals surface area contributed by atoms with Gasteiger partial charge in [-0.3, -0.25) is 14.2 Å². The summed E-state index contributed by atoms with van der Waals surface area (Å²) in [7, 11) is 0. The summed E-state index contributed by atoms with van der Waals surface area (Å²) in [5.74, 6) is 0.576. The standard InChI is InChI=1S/C35H20N2O3/c38-33-27-17-22-10-4-5-11-23(22)18-28(27)34(39)29(33)19-32-36-35-30(37(32)24-13-2-1-3-14-24)20-31(40-35)26-16-8-12-21-9-6-7-15-25(21)26/h1-20H. The number of hydrogen-bond acceptors (Lipinski definition) is 4. The molecule has 8 rings (SSSR count). The van der Waals surface area contributed by atoms with Crippen LogP contribution in [-0.2, 0) is 0 Å². The largest absolute Gasteiger partial charge is 0.436 e. The van der Waals surface area contributed by atoms with Crippen molar-refractivity contribution in [3.05, 3.63) is 138 Å². The van der Waals surface area contributed by atoms with Crippen molar-refractivity contribution in [2.45, 2.75) is 0 Å². The number of imidazole rings is 1. The maximum Gasteiger partial charge on any atom is 0.246 e. The van der Waals surface area contributed by atoms with E-state index in [0.29, 0.717) is 28.4 Å². The molecule has 0 spiro atoms. The zero-order valence-electron chi connectivity index (χ0n) is 21.2. The Kier molecular flexibility index (Phi) is 4.76. The third-order valence-corrected chi connectivity index (χ3v) is 7.59. The van der Waals surface area contributed by atoms with Crippen LogP contribution in [0.2, 0.25) is 0 Å². The minimum Gasteiger partial charge on any atom is -0.436 e. The smallest absolute Gasteiger partial charge is 0.246 e. The number of rotatable bonds is 3. The number of Topliss-reactive ketones (excluding diaryl/α,β-unsaturated/α-hetero) is 2. The number of allylic oxidation sites excluding steroid dienone is 1. The van der Waals surface area contributed by atoms with Gasteiger partial charge in [-0.25, -0.2) is 0 Å². The molecule has 2 heterocycles. The molecule has 0 unspecified atom stereocenters. The molecule has 5 heteroatoms. The Bertz CT molecular complexity index is 2140. The van der Waals surface area contributed by atoms with Crippen LogP contribution in [0.15, 0.2) is 125 Å². The average Bonchev–Trinajstić information content (AvgIpc) is 3.62. The second-order valence-corrected chi connectivity index (χ2v) is 9.93. The molecule has 0 atom stereocenters. The van der Waals surface area contributed by atoms with Crippen LogP contribution in [0.4, 0.5) is 0 Å².